The molecule has 7 nitrogen and oxygen atoms in total. The van der Waals surface area contributed by atoms with Gasteiger partial charge in [-0.1, -0.05) is 6.07 Å². The van der Waals surface area contributed by atoms with Crippen LogP contribution >= 0.6 is 0 Å². The molecule has 0 saturated carbocycles. The van der Waals surface area contributed by atoms with Gasteiger partial charge in [0.15, 0.2) is 11.5 Å². The summed E-state index contributed by atoms with van der Waals surface area (Å²) in [6.07, 6.45) is 0. The monoisotopic (exact) mass is 286 g/mol. The molecule has 1 aromatic rings. The highest BCUT2D eigenvalue weighted by Gasteiger charge is 2.20. The second-order valence-corrected chi connectivity index (χ2v) is 5.69. The molecule has 1 aromatic carbocycles. The van der Waals surface area contributed by atoms with Crippen molar-refractivity contribution in [2.24, 2.45) is 5.14 Å². The van der Waals surface area contributed by atoms with Crippen molar-refractivity contribution in [3.05, 3.63) is 23.8 Å². The topological polar surface area (TPSA) is 108 Å². The molecule has 0 atom stereocenters. The molecule has 1 heterocycles. The molecule has 0 unspecified atom stereocenters. The van der Waals surface area contributed by atoms with Crippen LogP contribution in [-0.4, -0.2) is 39.8 Å². The molecule has 0 bridgehead atoms. The molecule has 0 aromatic heterocycles. The summed E-state index contributed by atoms with van der Waals surface area (Å²) in [5.41, 5.74) is 0.312. The predicted molar refractivity (Wildman–Crippen MR) is 67.7 cm³/mol. The van der Waals surface area contributed by atoms with E-state index >= 15 is 0 Å². The fourth-order valence-electron chi connectivity index (χ4n) is 1.65. The van der Waals surface area contributed by atoms with Crippen LogP contribution in [0.25, 0.3) is 0 Å². The van der Waals surface area contributed by atoms with Crippen LogP contribution in [0.2, 0.25) is 0 Å². The molecule has 0 spiro atoms. The zero-order valence-corrected chi connectivity index (χ0v) is 10.9. The maximum Gasteiger partial charge on any atom is 0.255 e. The van der Waals surface area contributed by atoms with Gasteiger partial charge in [-0.2, -0.15) is 0 Å². The molecule has 1 aliphatic heterocycles. The molecule has 104 valence electrons. The Balaban J connectivity index is 2.07. The third-order valence-corrected chi connectivity index (χ3v) is 3.26. The lowest BCUT2D eigenvalue weighted by atomic mass is 10.1. The van der Waals surface area contributed by atoms with E-state index in [2.05, 4.69) is 5.32 Å². The van der Waals surface area contributed by atoms with E-state index in [1.54, 1.807) is 18.2 Å². The minimum Gasteiger partial charge on any atom is -0.486 e. The zero-order valence-electron chi connectivity index (χ0n) is 10.1. The van der Waals surface area contributed by atoms with Gasteiger partial charge in [-0.05, 0) is 12.1 Å². The second kappa shape index (κ2) is 5.45. The molecule has 1 amide bonds. The molecule has 3 N–H and O–H groups in total. The van der Waals surface area contributed by atoms with E-state index in [0.717, 1.165) is 0 Å². The number of sulfonamides is 1. The van der Waals surface area contributed by atoms with Crippen LogP contribution in [0.3, 0.4) is 0 Å². The number of hydrogen-bond donors (Lipinski definition) is 2. The smallest absolute Gasteiger partial charge is 0.255 e. The number of primary sulfonamides is 1. The van der Waals surface area contributed by atoms with Gasteiger partial charge in [0.1, 0.15) is 13.2 Å². The molecule has 8 heteroatoms. The third-order valence-electron chi connectivity index (χ3n) is 2.48. The Morgan fingerprint density at radius 1 is 1.32 bits per heavy atom. The standard InChI is InChI=1S/C11H14N2O5S/c12-19(15,16)7-4-13-11(14)8-2-1-3-9-10(8)18-6-5-17-9/h1-3H,4-7H2,(H,13,14)(H2,12,15,16). The number of amides is 1. The average molecular weight is 286 g/mol. The maximum atomic E-state index is 11.9. The lowest BCUT2D eigenvalue weighted by molar-refractivity contribution is 0.0945. The first-order chi connectivity index (χ1) is 8.97. The number of rotatable bonds is 4. The largest absolute Gasteiger partial charge is 0.486 e. The van der Waals surface area contributed by atoms with Crippen molar-refractivity contribution in [1.82, 2.24) is 5.32 Å². The number of nitrogens with two attached hydrogens (primary N) is 1. The summed E-state index contributed by atoms with van der Waals surface area (Å²) >= 11 is 0. The molecule has 0 fully saturated rings. The maximum absolute atomic E-state index is 11.9. The number of para-hydroxylation sites is 1. The van der Waals surface area contributed by atoms with E-state index in [0.29, 0.717) is 30.3 Å². The summed E-state index contributed by atoms with van der Waals surface area (Å²) in [7, 11) is -3.59. The minimum atomic E-state index is -3.59. The van der Waals surface area contributed by atoms with E-state index < -0.39 is 15.9 Å². The molecular weight excluding hydrogens is 272 g/mol. The number of fused-ring (bicyclic) bond motifs is 1. The van der Waals surface area contributed by atoms with Crippen molar-refractivity contribution in [2.45, 2.75) is 0 Å². The quantitative estimate of drug-likeness (QED) is 0.774. The van der Waals surface area contributed by atoms with Gasteiger partial charge in [0.05, 0.1) is 11.3 Å². The number of carbonyl (C=O) groups excluding carboxylic acids is 1. The van der Waals surface area contributed by atoms with E-state index in [-0.39, 0.29) is 12.3 Å². The van der Waals surface area contributed by atoms with Gasteiger partial charge in [-0.25, -0.2) is 13.6 Å². The Bertz CT molecular complexity index is 585. The lowest BCUT2D eigenvalue weighted by Gasteiger charge is -2.20. The Labute approximate surface area is 110 Å². The number of nitrogens with one attached hydrogen (secondary N) is 1. The van der Waals surface area contributed by atoms with Crippen LogP contribution in [-0.2, 0) is 10.0 Å². The number of hydrogen-bond acceptors (Lipinski definition) is 5. The predicted octanol–water partition coefficient (Wildman–Crippen LogP) is -0.524. The first-order valence-electron chi connectivity index (χ1n) is 5.65. The van der Waals surface area contributed by atoms with E-state index in [1.165, 1.54) is 0 Å². The summed E-state index contributed by atoms with van der Waals surface area (Å²) < 4.78 is 32.3. The molecule has 0 aliphatic carbocycles. The highest BCUT2D eigenvalue weighted by molar-refractivity contribution is 7.89. The SMILES string of the molecule is NS(=O)(=O)CCNC(=O)c1cccc2c1OCCO2. The molecule has 0 radical (unpaired) electrons. The Hall–Kier alpha value is -1.80. The van der Waals surface area contributed by atoms with Crippen molar-refractivity contribution in [3.8, 4) is 11.5 Å². The van der Waals surface area contributed by atoms with E-state index in [9.17, 15) is 13.2 Å². The van der Waals surface area contributed by atoms with Crippen LogP contribution in [0.5, 0.6) is 11.5 Å². The summed E-state index contributed by atoms with van der Waals surface area (Å²) in [4.78, 5) is 11.9. The summed E-state index contributed by atoms with van der Waals surface area (Å²) in [5, 5.41) is 7.32. The van der Waals surface area contributed by atoms with Gasteiger partial charge < -0.3 is 14.8 Å². The molecular formula is C11H14N2O5S. The van der Waals surface area contributed by atoms with E-state index in [4.69, 9.17) is 14.6 Å². The van der Waals surface area contributed by atoms with Gasteiger partial charge in [-0.15, -0.1) is 0 Å². The van der Waals surface area contributed by atoms with Crippen LogP contribution in [0.15, 0.2) is 18.2 Å². The number of carbonyl (C=O) groups is 1. The van der Waals surface area contributed by atoms with Crippen LogP contribution < -0.4 is 19.9 Å². The fraction of sp³-hybridized carbons (Fsp3) is 0.364. The number of ether oxygens (including phenoxy) is 2. The first-order valence-corrected chi connectivity index (χ1v) is 7.36. The highest BCUT2D eigenvalue weighted by atomic mass is 32.2. The number of benzene rings is 1. The van der Waals surface area contributed by atoms with Gasteiger partial charge in [0.2, 0.25) is 10.0 Å². The van der Waals surface area contributed by atoms with Crippen molar-refractivity contribution >= 4 is 15.9 Å². The summed E-state index contributed by atoms with van der Waals surface area (Å²) in [6, 6.07) is 4.96. The fourth-order valence-corrected chi connectivity index (χ4v) is 2.04. The second-order valence-electron chi connectivity index (χ2n) is 3.95. The minimum absolute atomic E-state index is 0.0534. The van der Waals surface area contributed by atoms with E-state index in [1.807, 2.05) is 0 Å². The summed E-state index contributed by atoms with van der Waals surface area (Å²) in [5.74, 6) is 0.142. The Morgan fingerprint density at radius 3 is 2.79 bits per heavy atom. The van der Waals surface area contributed by atoms with Gasteiger partial charge in [0.25, 0.3) is 5.91 Å². The van der Waals surface area contributed by atoms with Crippen LogP contribution in [0, 0.1) is 0 Å². The Morgan fingerprint density at radius 2 is 2.05 bits per heavy atom. The van der Waals surface area contributed by atoms with Crippen molar-refractivity contribution in [1.29, 1.82) is 0 Å². The first kappa shape index (κ1) is 13.6. The summed E-state index contributed by atoms with van der Waals surface area (Å²) in [6.45, 7) is 0.750. The highest BCUT2D eigenvalue weighted by Crippen LogP contribution is 2.33. The third kappa shape index (κ3) is 3.58. The normalized spacial score (nSPS) is 13.9. The zero-order chi connectivity index (χ0) is 13.9. The van der Waals surface area contributed by atoms with Gasteiger partial charge in [0, 0.05) is 6.54 Å². The Kier molecular flexibility index (Phi) is 3.91. The molecule has 19 heavy (non-hydrogen) atoms. The van der Waals surface area contributed by atoms with Gasteiger partial charge in [-0.3, -0.25) is 4.79 Å². The molecule has 0 saturated heterocycles. The average Bonchev–Trinajstić information content (AvgIpc) is 2.36. The van der Waals surface area contributed by atoms with Crippen LogP contribution in [0.1, 0.15) is 10.4 Å². The van der Waals surface area contributed by atoms with Crippen molar-refractivity contribution in [3.63, 3.8) is 0 Å². The molecule has 1 aliphatic rings. The van der Waals surface area contributed by atoms with Crippen molar-refractivity contribution < 1.29 is 22.7 Å². The molecule has 2 rings (SSSR count). The van der Waals surface area contributed by atoms with Gasteiger partial charge >= 0.3 is 0 Å². The van der Waals surface area contributed by atoms with Crippen LogP contribution in [0.4, 0.5) is 0 Å². The van der Waals surface area contributed by atoms with Crippen molar-refractivity contribution in [2.75, 3.05) is 25.5 Å². The lowest BCUT2D eigenvalue weighted by Crippen LogP contribution is -2.32.